The Balaban J connectivity index is 1.40. The van der Waals surface area contributed by atoms with E-state index < -0.39 is 0 Å². The van der Waals surface area contributed by atoms with Gasteiger partial charge in [0.25, 0.3) is 0 Å². The van der Waals surface area contributed by atoms with E-state index in [0.717, 1.165) is 31.2 Å². The van der Waals surface area contributed by atoms with E-state index in [1.54, 1.807) is 4.57 Å². The highest BCUT2D eigenvalue weighted by atomic mass is 32.2. The monoisotopic (exact) mass is 422 g/mol. The normalized spacial score (nSPS) is 16.6. The van der Waals surface area contributed by atoms with Gasteiger partial charge in [0.2, 0.25) is 5.91 Å². The number of fused-ring (bicyclic) bond motifs is 1. The predicted molar refractivity (Wildman–Crippen MR) is 119 cm³/mol. The Morgan fingerprint density at radius 3 is 2.83 bits per heavy atom. The highest BCUT2D eigenvalue weighted by molar-refractivity contribution is 8.00. The summed E-state index contributed by atoms with van der Waals surface area (Å²) < 4.78 is 1.61. The Labute approximate surface area is 180 Å². The van der Waals surface area contributed by atoms with Gasteiger partial charge in [-0.15, -0.1) is 5.10 Å². The van der Waals surface area contributed by atoms with Crippen LogP contribution < -0.4 is 11.0 Å². The minimum Gasteiger partial charge on any atom is -0.348 e. The maximum absolute atomic E-state index is 12.9. The van der Waals surface area contributed by atoms with E-state index in [4.69, 9.17) is 0 Å². The molecule has 2 N–H and O–H groups in total. The van der Waals surface area contributed by atoms with Gasteiger partial charge < -0.3 is 5.32 Å². The molecule has 0 unspecified atom stereocenters. The first-order valence-corrected chi connectivity index (χ1v) is 11.2. The van der Waals surface area contributed by atoms with Crippen LogP contribution in [-0.4, -0.2) is 25.9 Å². The van der Waals surface area contributed by atoms with E-state index in [2.05, 4.69) is 27.6 Å². The van der Waals surface area contributed by atoms with Crippen LogP contribution in [0.5, 0.6) is 0 Å². The Kier molecular flexibility index (Phi) is 6.38. The summed E-state index contributed by atoms with van der Waals surface area (Å²) in [5.74, 6) is -0.0354. The van der Waals surface area contributed by atoms with Gasteiger partial charge in [-0.05, 0) is 49.3 Å². The molecule has 0 spiro atoms. The molecule has 0 saturated heterocycles. The van der Waals surface area contributed by atoms with E-state index in [0.29, 0.717) is 11.7 Å². The standard InChI is InChI=1S/C23H26N4O2S/c1-16(21(28)24-20-13-7-11-18-10-5-6-12-19(18)20)30-23-26-25-22(29)27(23)15-14-17-8-3-2-4-9-17/h2-6,8-10,12,16,20H,7,11,13-15H2,1H3,(H,24,28)(H,25,29)/t16-,20-/m1/s1. The van der Waals surface area contributed by atoms with Crippen molar-refractivity contribution in [2.24, 2.45) is 0 Å². The van der Waals surface area contributed by atoms with Crippen LogP contribution >= 0.6 is 11.8 Å². The highest BCUT2D eigenvalue weighted by Crippen LogP contribution is 2.30. The smallest absolute Gasteiger partial charge is 0.343 e. The summed E-state index contributed by atoms with van der Waals surface area (Å²) in [6, 6.07) is 18.4. The van der Waals surface area contributed by atoms with Crippen molar-refractivity contribution < 1.29 is 4.79 Å². The first-order valence-electron chi connectivity index (χ1n) is 10.4. The SMILES string of the molecule is C[C@@H](Sc1n[nH]c(=O)n1CCc1ccccc1)C(=O)N[C@@H]1CCCc2ccccc21. The molecular formula is C23H26N4O2S. The van der Waals surface area contributed by atoms with Crippen LogP contribution in [0.3, 0.4) is 0 Å². The molecule has 1 aromatic heterocycles. The number of H-pyrrole nitrogens is 1. The average molecular weight is 423 g/mol. The summed E-state index contributed by atoms with van der Waals surface area (Å²) in [5.41, 5.74) is 3.44. The van der Waals surface area contributed by atoms with Crippen LogP contribution in [0.25, 0.3) is 0 Å². The lowest BCUT2D eigenvalue weighted by atomic mass is 9.88. The number of hydrogen-bond acceptors (Lipinski definition) is 4. The number of rotatable bonds is 7. The van der Waals surface area contributed by atoms with Crippen LogP contribution in [0.2, 0.25) is 0 Å². The third kappa shape index (κ3) is 4.67. The molecule has 1 heterocycles. The van der Waals surface area contributed by atoms with Gasteiger partial charge in [-0.2, -0.15) is 0 Å². The lowest BCUT2D eigenvalue weighted by Crippen LogP contribution is -2.36. The second-order valence-corrected chi connectivity index (χ2v) is 8.92. The molecular weight excluding hydrogens is 396 g/mol. The molecule has 30 heavy (non-hydrogen) atoms. The van der Waals surface area contributed by atoms with Crippen molar-refractivity contribution in [1.82, 2.24) is 20.1 Å². The first-order chi connectivity index (χ1) is 14.6. The van der Waals surface area contributed by atoms with Gasteiger partial charge in [0, 0.05) is 6.54 Å². The number of hydrogen-bond donors (Lipinski definition) is 2. The van der Waals surface area contributed by atoms with E-state index in [-0.39, 0.29) is 22.9 Å². The van der Waals surface area contributed by atoms with Gasteiger partial charge >= 0.3 is 5.69 Å². The summed E-state index contributed by atoms with van der Waals surface area (Å²) in [4.78, 5) is 25.1. The van der Waals surface area contributed by atoms with Crippen LogP contribution in [0, 0.1) is 0 Å². The van der Waals surface area contributed by atoms with Crippen molar-refractivity contribution in [2.45, 2.75) is 55.6 Å². The third-order valence-electron chi connectivity index (χ3n) is 5.53. The Hall–Kier alpha value is -2.80. The number of nitrogens with zero attached hydrogens (tertiary/aromatic N) is 2. The molecule has 4 rings (SSSR count). The third-order valence-corrected chi connectivity index (χ3v) is 6.62. The number of amides is 1. The Bertz CT molecular complexity index is 1060. The summed E-state index contributed by atoms with van der Waals surface area (Å²) in [7, 11) is 0. The summed E-state index contributed by atoms with van der Waals surface area (Å²) in [6.45, 7) is 2.38. The van der Waals surface area contributed by atoms with Crippen LogP contribution in [-0.2, 0) is 24.2 Å². The zero-order valence-electron chi connectivity index (χ0n) is 17.0. The van der Waals surface area contributed by atoms with Crippen molar-refractivity contribution in [3.05, 3.63) is 81.8 Å². The number of thioether (sulfide) groups is 1. The minimum atomic E-state index is -0.357. The van der Waals surface area contributed by atoms with E-state index in [1.807, 2.05) is 49.4 Å². The molecule has 0 bridgehead atoms. The first kappa shape index (κ1) is 20.5. The van der Waals surface area contributed by atoms with E-state index >= 15 is 0 Å². The van der Waals surface area contributed by atoms with Crippen molar-refractivity contribution in [1.29, 1.82) is 0 Å². The second-order valence-electron chi connectivity index (χ2n) is 7.61. The quantitative estimate of drug-likeness (QED) is 0.571. The van der Waals surface area contributed by atoms with Crippen molar-refractivity contribution in [3.8, 4) is 0 Å². The zero-order valence-corrected chi connectivity index (χ0v) is 17.8. The van der Waals surface area contributed by atoms with E-state index in [1.165, 1.54) is 22.9 Å². The fraction of sp³-hybridized carbons (Fsp3) is 0.348. The number of carbonyl (C=O) groups excluding carboxylic acids is 1. The highest BCUT2D eigenvalue weighted by Gasteiger charge is 2.25. The zero-order chi connectivity index (χ0) is 20.9. The lowest BCUT2D eigenvalue weighted by Gasteiger charge is -2.27. The molecule has 3 aromatic rings. The Morgan fingerprint density at radius 1 is 1.23 bits per heavy atom. The van der Waals surface area contributed by atoms with Crippen LogP contribution in [0.15, 0.2) is 64.5 Å². The maximum atomic E-state index is 12.9. The fourth-order valence-corrected chi connectivity index (χ4v) is 4.77. The molecule has 0 fully saturated rings. The fourth-order valence-electron chi connectivity index (χ4n) is 3.88. The maximum Gasteiger partial charge on any atom is 0.343 e. The number of nitrogens with one attached hydrogen (secondary N) is 2. The molecule has 0 radical (unpaired) electrons. The average Bonchev–Trinajstić information content (AvgIpc) is 3.12. The summed E-state index contributed by atoms with van der Waals surface area (Å²) in [6.07, 6.45) is 3.81. The van der Waals surface area contributed by atoms with Gasteiger partial charge in [-0.1, -0.05) is 66.4 Å². The number of aromatic nitrogens is 3. The van der Waals surface area contributed by atoms with Gasteiger partial charge in [0.1, 0.15) is 0 Å². The molecule has 0 aliphatic heterocycles. The number of benzene rings is 2. The summed E-state index contributed by atoms with van der Waals surface area (Å²) in [5, 5.41) is 10.0. The molecule has 0 saturated carbocycles. The summed E-state index contributed by atoms with van der Waals surface area (Å²) >= 11 is 1.31. The van der Waals surface area contributed by atoms with Gasteiger partial charge in [-0.3, -0.25) is 9.36 Å². The predicted octanol–water partition coefficient (Wildman–Crippen LogP) is 3.49. The molecule has 2 aromatic carbocycles. The molecule has 1 aliphatic carbocycles. The van der Waals surface area contributed by atoms with Gasteiger partial charge in [0.05, 0.1) is 11.3 Å². The molecule has 2 atom stereocenters. The molecule has 1 aliphatic rings. The van der Waals surface area contributed by atoms with Crippen LogP contribution in [0.1, 0.15) is 42.5 Å². The van der Waals surface area contributed by atoms with Crippen molar-refractivity contribution in [2.75, 3.05) is 0 Å². The minimum absolute atomic E-state index is 0.0354. The van der Waals surface area contributed by atoms with Crippen molar-refractivity contribution >= 4 is 17.7 Å². The van der Waals surface area contributed by atoms with Crippen LogP contribution in [0.4, 0.5) is 0 Å². The molecule has 1 amide bonds. The van der Waals surface area contributed by atoms with E-state index in [9.17, 15) is 9.59 Å². The molecule has 156 valence electrons. The second kappa shape index (κ2) is 9.34. The number of carbonyl (C=O) groups is 1. The van der Waals surface area contributed by atoms with Gasteiger partial charge in [0.15, 0.2) is 5.16 Å². The molecule has 7 heteroatoms. The number of aromatic amines is 1. The lowest BCUT2D eigenvalue weighted by molar-refractivity contribution is -0.121. The Morgan fingerprint density at radius 2 is 2.00 bits per heavy atom. The van der Waals surface area contributed by atoms with Crippen molar-refractivity contribution in [3.63, 3.8) is 0 Å². The molecule has 6 nitrogen and oxygen atoms in total. The van der Waals surface area contributed by atoms with Gasteiger partial charge in [-0.25, -0.2) is 9.89 Å². The largest absolute Gasteiger partial charge is 0.348 e. The number of aryl methyl sites for hydroxylation is 2. The topological polar surface area (TPSA) is 79.8 Å².